The Labute approximate surface area is 201 Å². The third-order valence-corrected chi connectivity index (χ3v) is 7.07. The molecule has 1 saturated carbocycles. The van der Waals surface area contributed by atoms with Gasteiger partial charge in [0.2, 0.25) is 5.91 Å². The van der Waals surface area contributed by atoms with Crippen LogP contribution in [0.15, 0.2) is 54.6 Å². The average Bonchev–Trinajstić information content (AvgIpc) is 3.09. The fraction of sp³-hybridized carbons (Fsp3) is 0.444. The Morgan fingerprint density at radius 2 is 1.82 bits per heavy atom. The lowest BCUT2D eigenvalue weighted by Gasteiger charge is -2.36. The van der Waals surface area contributed by atoms with Crippen LogP contribution in [0.5, 0.6) is 5.75 Å². The second-order valence-electron chi connectivity index (χ2n) is 9.27. The van der Waals surface area contributed by atoms with Crippen molar-refractivity contribution in [3.8, 4) is 5.75 Å². The van der Waals surface area contributed by atoms with Crippen molar-refractivity contribution in [2.45, 2.75) is 58.2 Å². The van der Waals surface area contributed by atoms with Gasteiger partial charge in [-0.25, -0.2) is 4.79 Å². The molecule has 2 aromatic rings. The first-order valence-corrected chi connectivity index (χ1v) is 12.1. The molecule has 0 bridgehead atoms. The van der Waals surface area contributed by atoms with Gasteiger partial charge in [-0.15, -0.1) is 0 Å². The smallest absolute Gasteiger partial charge is 0.325 e. The van der Waals surface area contributed by atoms with Crippen molar-refractivity contribution in [2.24, 2.45) is 5.92 Å². The summed E-state index contributed by atoms with van der Waals surface area (Å²) >= 11 is 0. The van der Waals surface area contributed by atoms with Crippen molar-refractivity contribution in [3.05, 3.63) is 65.7 Å². The Hall–Kier alpha value is -3.35. The highest BCUT2D eigenvalue weighted by atomic mass is 16.5. The van der Waals surface area contributed by atoms with E-state index in [2.05, 4.69) is 5.32 Å². The van der Waals surface area contributed by atoms with E-state index in [1.807, 2.05) is 68.4 Å². The van der Waals surface area contributed by atoms with Crippen molar-refractivity contribution in [1.29, 1.82) is 0 Å². The molecule has 1 aliphatic carbocycles. The molecule has 1 N–H and O–H groups in total. The molecule has 7 heteroatoms. The maximum Gasteiger partial charge on any atom is 0.325 e. The van der Waals surface area contributed by atoms with Gasteiger partial charge in [0.1, 0.15) is 24.4 Å². The molecule has 0 aromatic heterocycles. The third kappa shape index (κ3) is 4.93. The molecule has 1 spiro atoms. The fourth-order valence-electron chi connectivity index (χ4n) is 4.90. The van der Waals surface area contributed by atoms with Crippen molar-refractivity contribution in [3.63, 3.8) is 0 Å². The second kappa shape index (κ2) is 10.3. The van der Waals surface area contributed by atoms with E-state index < -0.39 is 11.6 Å². The predicted octanol–water partition coefficient (Wildman–Crippen LogP) is 4.11. The number of nitrogens with zero attached hydrogens (tertiary/aromatic N) is 2. The van der Waals surface area contributed by atoms with Crippen molar-refractivity contribution in [2.75, 3.05) is 13.1 Å². The number of carbonyl (C=O) groups is 3. The molecular formula is C27H33N3O4. The third-order valence-electron chi connectivity index (χ3n) is 7.07. The number of benzene rings is 2. The van der Waals surface area contributed by atoms with Crippen LogP contribution in [0.1, 0.15) is 50.7 Å². The quantitative estimate of drug-likeness (QED) is 0.598. The first-order valence-electron chi connectivity index (χ1n) is 12.1. The van der Waals surface area contributed by atoms with Crippen LogP contribution in [0.25, 0.3) is 0 Å². The van der Waals surface area contributed by atoms with E-state index in [1.165, 1.54) is 0 Å². The molecule has 2 fully saturated rings. The number of imide groups is 1. The maximum absolute atomic E-state index is 13.2. The van der Waals surface area contributed by atoms with E-state index in [0.717, 1.165) is 41.0 Å². The van der Waals surface area contributed by atoms with Crippen LogP contribution in [0.2, 0.25) is 0 Å². The standard InChI is InChI=1S/C27H33N3O4/c1-3-29(17-21-12-14-23(15-13-21)34-19-22-10-5-4-6-11-22)24(31)18-30-25(32)27(28-26(30)33)16-8-7-9-20(27)2/h4-6,10-15,20H,3,7-9,16-19H2,1-2H3,(H,28,33)/t20-,27-/m1/s1. The monoisotopic (exact) mass is 463 g/mol. The largest absolute Gasteiger partial charge is 0.489 e. The molecule has 4 amide bonds. The second-order valence-corrected chi connectivity index (χ2v) is 9.27. The number of carbonyl (C=O) groups excluding carboxylic acids is 3. The predicted molar refractivity (Wildman–Crippen MR) is 129 cm³/mol. The van der Waals surface area contributed by atoms with E-state index in [9.17, 15) is 14.4 Å². The molecule has 1 aliphatic heterocycles. The Kier molecular flexibility index (Phi) is 7.20. The summed E-state index contributed by atoms with van der Waals surface area (Å²) in [4.78, 5) is 41.6. The molecule has 2 aliphatic rings. The number of rotatable bonds is 8. The highest BCUT2D eigenvalue weighted by Gasteiger charge is 2.55. The van der Waals surface area contributed by atoms with Crippen LogP contribution in [-0.4, -0.2) is 46.3 Å². The molecule has 2 atom stereocenters. The van der Waals surface area contributed by atoms with Gasteiger partial charge in [-0.1, -0.05) is 62.2 Å². The normalized spacial score (nSPS) is 22.1. The molecule has 7 nitrogen and oxygen atoms in total. The maximum atomic E-state index is 13.2. The molecule has 1 saturated heterocycles. The molecule has 2 aromatic carbocycles. The number of ether oxygens (including phenoxy) is 1. The molecule has 34 heavy (non-hydrogen) atoms. The summed E-state index contributed by atoms with van der Waals surface area (Å²) in [6.07, 6.45) is 3.51. The Balaban J connectivity index is 1.34. The van der Waals surface area contributed by atoms with E-state index in [0.29, 0.717) is 26.1 Å². The summed E-state index contributed by atoms with van der Waals surface area (Å²) in [6.45, 7) is 5.05. The van der Waals surface area contributed by atoms with E-state index >= 15 is 0 Å². The lowest BCUT2D eigenvalue weighted by molar-refractivity contribution is -0.140. The first-order chi connectivity index (χ1) is 16.4. The topological polar surface area (TPSA) is 79.0 Å². The number of hydrogen-bond donors (Lipinski definition) is 1. The number of urea groups is 1. The number of amides is 4. The van der Waals surface area contributed by atoms with Gasteiger partial charge in [0.05, 0.1) is 0 Å². The van der Waals surface area contributed by atoms with Crippen molar-refractivity contribution >= 4 is 17.8 Å². The fourth-order valence-corrected chi connectivity index (χ4v) is 4.90. The Morgan fingerprint density at radius 3 is 2.50 bits per heavy atom. The van der Waals surface area contributed by atoms with E-state index in [-0.39, 0.29) is 24.3 Å². The van der Waals surface area contributed by atoms with Gasteiger partial charge in [0.25, 0.3) is 5.91 Å². The zero-order valence-corrected chi connectivity index (χ0v) is 20.0. The zero-order valence-electron chi connectivity index (χ0n) is 20.0. The summed E-state index contributed by atoms with van der Waals surface area (Å²) < 4.78 is 5.83. The van der Waals surface area contributed by atoms with Gasteiger partial charge in [0, 0.05) is 13.1 Å². The Morgan fingerprint density at radius 1 is 1.09 bits per heavy atom. The minimum absolute atomic E-state index is 0.0719. The number of nitrogens with one attached hydrogen (secondary N) is 1. The summed E-state index contributed by atoms with van der Waals surface area (Å²) in [6, 6.07) is 17.2. The van der Waals surface area contributed by atoms with Gasteiger partial charge >= 0.3 is 6.03 Å². The van der Waals surface area contributed by atoms with Crippen molar-refractivity contribution in [1.82, 2.24) is 15.1 Å². The highest BCUT2D eigenvalue weighted by Crippen LogP contribution is 2.38. The van der Waals surface area contributed by atoms with Crippen molar-refractivity contribution < 1.29 is 19.1 Å². The lowest BCUT2D eigenvalue weighted by atomic mass is 9.73. The van der Waals surface area contributed by atoms with Crippen LogP contribution in [0.4, 0.5) is 4.79 Å². The number of hydrogen-bond acceptors (Lipinski definition) is 4. The van der Waals surface area contributed by atoms with E-state index in [1.54, 1.807) is 4.90 Å². The van der Waals surface area contributed by atoms with Crippen LogP contribution in [0.3, 0.4) is 0 Å². The molecule has 0 unspecified atom stereocenters. The van der Waals surface area contributed by atoms with Crippen LogP contribution < -0.4 is 10.1 Å². The van der Waals surface area contributed by atoms with Gasteiger partial charge in [-0.05, 0) is 48.9 Å². The van der Waals surface area contributed by atoms with Crippen LogP contribution in [-0.2, 0) is 22.7 Å². The summed E-state index contributed by atoms with van der Waals surface area (Å²) in [7, 11) is 0. The molecule has 1 heterocycles. The van der Waals surface area contributed by atoms with Crippen LogP contribution in [0, 0.1) is 5.92 Å². The van der Waals surface area contributed by atoms with Gasteiger partial charge in [-0.2, -0.15) is 0 Å². The average molecular weight is 464 g/mol. The molecule has 180 valence electrons. The zero-order chi connectivity index (χ0) is 24.1. The minimum Gasteiger partial charge on any atom is -0.489 e. The summed E-state index contributed by atoms with van der Waals surface area (Å²) in [5.41, 5.74) is 1.21. The number of likely N-dealkylation sites (N-methyl/N-ethyl adjacent to an activating group) is 1. The van der Waals surface area contributed by atoms with Gasteiger partial charge in [0.15, 0.2) is 0 Å². The molecule has 4 rings (SSSR count). The summed E-state index contributed by atoms with van der Waals surface area (Å²) in [5, 5.41) is 2.91. The lowest BCUT2D eigenvalue weighted by Crippen LogP contribution is -2.54. The minimum atomic E-state index is -0.845. The molecule has 0 radical (unpaired) electrons. The summed E-state index contributed by atoms with van der Waals surface area (Å²) in [5.74, 6) is 0.334. The first kappa shape index (κ1) is 23.8. The van der Waals surface area contributed by atoms with Crippen LogP contribution >= 0.6 is 0 Å². The van der Waals surface area contributed by atoms with Gasteiger partial charge < -0.3 is 15.0 Å². The van der Waals surface area contributed by atoms with Gasteiger partial charge in [-0.3, -0.25) is 14.5 Å². The Bertz CT molecular complexity index is 1020. The van der Waals surface area contributed by atoms with E-state index in [4.69, 9.17) is 4.74 Å². The molecular weight excluding hydrogens is 430 g/mol. The highest BCUT2D eigenvalue weighted by molar-refractivity contribution is 6.09. The SMILES string of the molecule is CCN(Cc1ccc(OCc2ccccc2)cc1)C(=O)CN1C(=O)N[C@@]2(CCCC[C@H]2C)C1=O.